The van der Waals surface area contributed by atoms with Gasteiger partial charge in [0.25, 0.3) is 5.89 Å². The Morgan fingerprint density at radius 2 is 1.88 bits per heavy atom. The lowest BCUT2D eigenvalue weighted by atomic mass is 10.1. The summed E-state index contributed by atoms with van der Waals surface area (Å²) in [7, 11) is 0. The minimum Gasteiger partial charge on any atom is -0.419 e. The number of benzene rings is 2. The molecule has 4 nitrogen and oxygen atoms in total. The molecule has 0 aliphatic carbocycles. The van der Waals surface area contributed by atoms with E-state index in [2.05, 4.69) is 76.3 Å². The van der Waals surface area contributed by atoms with Crippen molar-refractivity contribution in [1.82, 2.24) is 14.8 Å². The molecule has 2 heterocycles. The third-order valence-electron chi connectivity index (χ3n) is 4.22. The van der Waals surface area contributed by atoms with Crippen LogP contribution in [0.15, 0.2) is 59.0 Å². The number of hydrogen-bond donors (Lipinski definition) is 0. The number of aryl methyl sites for hydroxylation is 2. The van der Waals surface area contributed by atoms with Gasteiger partial charge in [-0.05, 0) is 24.6 Å². The molecule has 0 amide bonds. The van der Waals surface area contributed by atoms with E-state index >= 15 is 0 Å². The van der Waals surface area contributed by atoms with Crippen LogP contribution in [0.1, 0.15) is 23.9 Å². The van der Waals surface area contributed by atoms with Gasteiger partial charge in [-0.15, -0.1) is 10.2 Å². The van der Waals surface area contributed by atoms with Gasteiger partial charge in [0.1, 0.15) is 5.69 Å². The first-order valence-electron chi connectivity index (χ1n) is 8.21. The number of rotatable bonds is 4. The smallest absolute Gasteiger partial charge is 0.264 e. The van der Waals surface area contributed by atoms with Gasteiger partial charge in [0.05, 0.1) is 0 Å². The molecule has 2 aromatic carbocycles. The molecule has 0 aliphatic heterocycles. The maximum Gasteiger partial charge on any atom is 0.264 e. The van der Waals surface area contributed by atoms with E-state index < -0.39 is 0 Å². The minimum absolute atomic E-state index is 0.579. The van der Waals surface area contributed by atoms with Crippen molar-refractivity contribution >= 4 is 10.9 Å². The monoisotopic (exact) mass is 317 g/mol. The second-order valence-electron chi connectivity index (χ2n) is 6.02. The highest BCUT2D eigenvalue weighted by Gasteiger charge is 2.16. The number of fused-ring (bicyclic) bond motifs is 1. The van der Waals surface area contributed by atoms with Crippen LogP contribution in [-0.2, 0) is 13.0 Å². The summed E-state index contributed by atoms with van der Waals surface area (Å²) in [4.78, 5) is 0. The fourth-order valence-corrected chi connectivity index (χ4v) is 3.05. The lowest BCUT2D eigenvalue weighted by Crippen LogP contribution is -2.02. The number of nitrogens with zero attached hydrogens (tertiary/aromatic N) is 3. The van der Waals surface area contributed by atoms with Gasteiger partial charge in [-0.1, -0.05) is 55.0 Å². The Kier molecular flexibility index (Phi) is 3.65. The van der Waals surface area contributed by atoms with E-state index in [9.17, 15) is 0 Å². The maximum absolute atomic E-state index is 5.81. The molecule has 0 radical (unpaired) electrons. The molecule has 4 rings (SSSR count). The van der Waals surface area contributed by atoms with Crippen LogP contribution in [0.4, 0.5) is 0 Å². The summed E-state index contributed by atoms with van der Waals surface area (Å²) in [5.74, 6) is 1.24. The molecule has 0 aliphatic rings. The molecule has 0 fully saturated rings. The molecule has 2 aromatic heterocycles. The molecular formula is C20H19N3O. The SMILES string of the molecule is CCc1nnc(-c2cc3ccccc3n2Cc2cccc(C)c2)o1. The molecule has 0 atom stereocenters. The molecule has 0 spiro atoms. The Hall–Kier alpha value is -2.88. The van der Waals surface area contributed by atoms with Gasteiger partial charge in [0, 0.05) is 23.9 Å². The zero-order chi connectivity index (χ0) is 16.5. The Balaban J connectivity index is 1.86. The standard InChI is InChI=1S/C20H19N3O/c1-3-19-21-22-20(24-19)18-12-16-9-4-5-10-17(16)23(18)13-15-8-6-7-14(2)11-15/h4-12H,3,13H2,1-2H3. The van der Waals surface area contributed by atoms with Crippen molar-refractivity contribution < 1.29 is 4.42 Å². The lowest BCUT2D eigenvalue weighted by Gasteiger charge is -2.09. The zero-order valence-corrected chi connectivity index (χ0v) is 13.9. The zero-order valence-electron chi connectivity index (χ0n) is 13.9. The van der Waals surface area contributed by atoms with Gasteiger partial charge in [-0.2, -0.15) is 0 Å². The lowest BCUT2D eigenvalue weighted by molar-refractivity contribution is 0.509. The average Bonchev–Trinajstić information content (AvgIpc) is 3.20. The van der Waals surface area contributed by atoms with Gasteiger partial charge in [0.2, 0.25) is 5.89 Å². The van der Waals surface area contributed by atoms with Crippen LogP contribution in [0.5, 0.6) is 0 Å². The van der Waals surface area contributed by atoms with Crippen molar-refractivity contribution in [2.45, 2.75) is 26.8 Å². The predicted octanol–water partition coefficient (Wildman–Crippen LogP) is 4.61. The van der Waals surface area contributed by atoms with E-state index in [-0.39, 0.29) is 0 Å². The van der Waals surface area contributed by atoms with Gasteiger partial charge in [-0.25, -0.2) is 0 Å². The second-order valence-corrected chi connectivity index (χ2v) is 6.02. The third-order valence-corrected chi connectivity index (χ3v) is 4.22. The summed E-state index contributed by atoms with van der Waals surface area (Å²) in [6.45, 7) is 4.90. The van der Waals surface area contributed by atoms with Crippen molar-refractivity contribution in [1.29, 1.82) is 0 Å². The normalized spacial score (nSPS) is 11.2. The fraction of sp³-hybridized carbons (Fsp3) is 0.200. The minimum atomic E-state index is 0.579. The number of hydrogen-bond acceptors (Lipinski definition) is 3. The summed E-state index contributed by atoms with van der Waals surface area (Å²) in [6.07, 6.45) is 0.741. The Morgan fingerprint density at radius 3 is 2.67 bits per heavy atom. The van der Waals surface area contributed by atoms with E-state index in [0.29, 0.717) is 11.8 Å². The van der Waals surface area contributed by atoms with Crippen molar-refractivity contribution in [3.05, 3.63) is 71.6 Å². The highest BCUT2D eigenvalue weighted by atomic mass is 16.4. The van der Waals surface area contributed by atoms with E-state index in [1.807, 2.05) is 6.92 Å². The average molecular weight is 317 g/mol. The van der Waals surface area contributed by atoms with Crippen LogP contribution < -0.4 is 0 Å². The molecule has 4 aromatic rings. The van der Waals surface area contributed by atoms with E-state index in [1.54, 1.807) is 0 Å². The summed E-state index contributed by atoms with van der Waals surface area (Å²) in [6, 6.07) is 19.0. The van der Waals surface area contributed by atoms with Crippen molar-refractivity contribution in [2.24, 2.45) is 0 Å². The van der Waals surface area contributed by atoms with E-state index in [4.69, 9.17) is 4.42 Å². The van der Waals surface area contributed by atoms with Crippen molar-refractivity contribution in [2.75, 3.05) is 0 Å². The topological polar surface area (TPSA) is 43.9 Å². The molecule has 4 heteroatoms. The molecule has 0 unspecified atom stereocenters. The molecule has 0 saturated heterocycles. The molecule has 120 valence electrons. The van der Waals surface area contributed by atoms with Crippen molar-refractivity contribution in [3.8, 4) is 11.6 Å². The van der Waals surface area contributed by atoms with Gasteiger partial charge in [-0.3, -0.25) is 0 Å². The van der Waals surface area contributed by atoms with Crippen LogP contribution in [0.3, 0.4) is 0 Å². The van der Waals surface area contributed by atoms with Crippen LogP contribution in [0.2, 0.25) is 0 Å². The largest absolute Gasteiger partial charge is 0.419 e. The third kappa shape index (κ3) is 2.60. The summed E-state index contributed by atoms with van der Waals surface area (Å²) in [5.41, 5.74) is 4.65. The molecule has 0 bridgehead atoms. The number of aromatic nitrogens is 3. The number of para-hydroxylation sites is 1. The van der Waals surface area contributed by atoms with E-state index in [0.717, 1.165) is 18.7 Å². The highest BCUT2D eigenvalue weighted by molar-refractivity contribution is 5.85. The molecular weight excluding hydrogens is 298 g/mol. The van der Waals surface area contributed by atoms with Gasteiger partial charge < -0.3 is 8.98 Å². The first kappa shape index (κ1) is 14.7. The molecule has 0 saturated carbocycles. The van der Waals surface area contributed by atoms with Crippen molar-refractivity contribution in [3.63, 3.8) is 0 Å². The summed E-state index contributed by atoms with van der Waals surface area (Å²) < 4.78 is 8.05. The van der Waals surface area contributed by atoms with Crippen LogP contribution >= 0.6 is 0 Å². The van der Waals surface area contributed by atoms with Crippen LogP contribution in [0.25, 0.3) is 22.5 Å². The summed E-state index contributed by atoms with van der Waals surface area (Å²) in [5, 5.41) is 9.53. The second kappa shape index (κ2) is 5.96. The molecule has 24 heavy (non-hydrogen) atoms. The van der Waals surface area contributed by atoms with E-state index in [1.165, 1.54) is 22.0 Å². The van der Waals surface area contributed by atoms with Crippen LogP contribution in [0, 0.1) is 6.92 Å². The Labute approximate surface area is 140 Å². The van der Waals surface area contributed by atoms with Gasteiger partial charge >= 0.3 is 0 Å². The Bertz CT molecular complexity index is 997. The predicted molar refractivity (Wildman–Crippen MR) is 94.9 cm³/mol. The molecule has 0 N–H and O–H groups in total. The first-order valence-corrected chi connectivity index (χ1v) is 8.21. The maximum atomic E-state index is 5.81. The van der Waals surface area contributed by atoms with Crippen LogP contribution in [-0.4, -0.2) is 14.8 Å². The van der Waals surface area contributed by atoms with Gasteiger partial charge in [0.15, 0.2) is 0 Å². The fourth-order valence-electron chi connectivity index (χ4n) is 3.05. The Morgan fingerprint density at radius 1 is 1.00 bits per heavy atom. The highest BCUT2D eigenvalue weighted by Crippen LogP contribution is 2.28. The quantitative estimate of drug-likeness (QED) is 0.552. The summed E-state index contributed by atoms with van der Waals surface area (Å²) >= 11 is 0. The first-order chi connectivity index (χ1) is 11.7.